The molecule has 3 nitrogen and oxygen atoms in total. The Morgan fingerprint density at radius 3 is 2.25 bits per heavy atom. The smallest absolute Gasteiger partial charge is 0.184 e. The normalized spacial score (nSPS) is 11.1. The molecule has 0 saturated heterocycles. The summed E-state index contributed by atoms with van der Waals surface area (Å²) in [7, 11) is -3.40. The van der Waals surface area contributed by atoms with Gasteiger partial charge in [0, 0.05) is 5.69 Å². The molecule has 0 amide bonds. The standard InChI is InChI=1S/C15H15NO2S2/c1-12-7-9-14(10-8-12)20(17,18)11-15(19)16-13-5-3-2-4-6-13/h2-10H,11H2,1H3,(H,16,19). The van der Waals surface area contributed by atoms with Gasteiger partial charge in [-0.3, -0.25) is 0 Å². The van der Waals surface area contributed by atoms with Gasteiger partial charge in [-0.2, -0.15) is 0 Å². The van der Waals surface area contributed by atoms with Crippen molar-refractivity contribution >= 4 is 32.7 Å². The van der Waals surface area contributed by atoms with Gasteiger partial charge >= 0.3 is 0 Å². The lowest BCUT2D eigenvalue weighted by atomic mass is 10.2. The molecular weight excluding hydrogens is 290 g/mol. The zero-order valence-corrected chi connectivity index (χ0v) is 12.7. The van der Waals surface area contributed by atoms with Gasteiger partial charge in [-0.25, -0.2) is 8.42 Å². The average molecular weight is 305 g/mol. The zero-order chi connectivity index (χ0) is 14.6. The number of benzene rings is 2. The molecule has 0 bridgehead atoms. The lowest BCUT2D eigenvalue weighted by Crippen LogP contribution is -2.21. The molecule has 0 spiro atoms. The number of anilines is 1. The number of rotatable bonds is 4. The Hall–Kier alpha value is -1.72. The Bertz CT molecular complexity index is 692. The third-order valence-electron chi connectivity index (χ3n) is 2.76. The van der Waals surface area contributed by atoms with Crippen LogP contribution in [0.15, 0.2) is 59.5 Å². The van der Waals surface area contributed by atoms with Crippen LogP contribution in [0.4, 0.5) is 5.69 Å². The minimum atomic E-state index is -3.40. The van der Waals surface area contributed by atoms with E-state index in [0.717, 1.165) is 11.3 Å². The van der Waals surface area contributed by atoms with Gasteiger partial charge < -0.3 is 5.32 Å². The number of hydrogen-bond acceptors (Lipinski definition) is 3. The molecule has 0 unspecified atom stereocenters. The molecule has 0 aliphatic heterocycles. The lowest BCUT2D eigenvalue weighted by molar-refractivity contribution is 0.600. The molecule has 2 aromatic carbocycles. The van der Waals surface area contributed by atoms with Crippen molar-refractivity contribution < 1.29 is 8.42 Å². The largest absolute Gasteiger partial charge is 0.349 e. The molecule has 0 atom stereocenters. The maximum absolute atomic E-state index is 12.2. The number of hydrogen-bond donors (Lipinski definition) is 1. The fourth-order valence-corrected chi connectivity index (χ4v) is 3.44. The van der Waals surface area contributed by atoms with Crippen LogP contribution in [0.3, 0.4) is 0 Å². The molecule has 0 aromatic heterocycles. The molecule has 2 aromatic rings. The summed E-state index contributed by atoms with van der Waals surface area (Å²) >= 11 is 5.12. The van der Waals surface area contributed by atoms with Gasteiger partial charge in [0.05, 0.1) is 9.88 Å². The molecule has 0 heterocycles. The first-order valence-corrected chi connectivity index (χ1v) is 8.18. The number of para-hydroxylation sites is 1. The zero-order valence-electron chi connectivity index (χ0n) is 11.0. The molecule has 2 rings (SSSR count). The van der Waals surface area contributed by atoms with Crippen LogP contribution in [-0.4, -0.2) is 19.2 Å². The van der Waals surface area contributed by atoms with Gasteiger partial charge in [-0.1, -0.05) is 48.1 Å². The van der Waals surface area contributed by atoms with Crippen molar-refractivity contribution in [3.8, 4) is 0 Å². The van der Waals surface area contributed by atoms with Crippen molar-refractivity contribution in [2.45, 2.75) is 11.8 Å². The maximum Gasteiger partial charge on any atom is 0.184 e. The Balaban J connectivity index is 2.08. The highest BCUT2D eigenvalue weighted by molar-refractivity contribution is 7.94. The summed E-state index contributed by atoms with van der Waals surface area (Å²) in [4.78, 5) is 0.581. The van der Waals surface area contributed by atoms with Crippen molar-refractivity contribution in [1.82, 2.24) is 0 Å². The first-order chi connectivity index (χ1) is 9.47. The molecule has 0 saturated carbocycles. The first-order valence-electron chi connectivity index (χ1n) is 6.12. The average Bonchev–Trinajstić information content (AvgIpc) is 2.39. The highest BCUT2D eigenvalue weighted by atomic mass is 32.2. The molecule has 20 heavy (non-hydrogen) atoms. The van der Waals surface area contributed by atoms with Gasteiger partial charge in [-0.15, -0.1) is 0 Å². The van der Waals surface area contributed by atoms with E-state index in [1.54, 1.807) is 24.3 Å². The van der Waals surface area contributed by atoms with E-state index in [2.05, 4.69) is 5.32 Å². The third kappa shape index (κ3) is 3.88. The van der Waals surface area contributed by atoms with E-state index in [1.165, 1.54) is 0 Å². The number of thiocarbonyl (C=S) groups is 1. The van der Waals surface area contributed by atoms with Crippen LogP contribution in [-0.2, 0) is 9.84 Å². The van der Waals surface area contributed by atoms with Crippen LogP contribution < -0.4 is 5.32 Å². The van der Waals surface area contributed by atoms with Gasteiger partial charge in [0.15, 0.2) is 9.84 Å². The van der Waals surface area contributed by atoms with E-state index in [1.807, 2.05) is 37.3 Å². The van der Waals surface area contributed by atoms with Crippen molar-refractivity contribution in [3.63, 3.8) is 0 Å². The summed E-state index contributed by atoms with van der Waals surface area (Å²) in [6.07, 6.45) is 0. The van der Waals surface area contributed by atoms with Gasteiger partial charge in [-0.05, 0) is 31.2 Å². The third-order valence-corrected chi connectivity index (χ3v) is 4.85. The second-order valence-corrected chi connectivity index (χ2v) is 6.97. The predicted octanol–water partition coefficient (Wildman–Crippen LogP) is 3.21. The molecule has 0 radical (unpaired) electrons. The minimum absolute atomic E-state index is 0.194. The Morgan fingerprint density at radius 1 is 1.05 bits per heavy atom. The summed E-state index contributed by atoms with van der Waals surface area (Å²) in [5, 5.41) is 2.93. The first kappa shape index (κ1) is 14.7. The molecule has 0 fully saturated rings. The van der Waals surface area contributed by atoms with Crippen LogP contribution >= 0.6 is 12.2 Å². The fraction of sp³-hybridized carbons (Fsp3) is 0.133. The molecular formula is C15H15NO2S2. The summed E-state index contributed by atoms with van der Waals surface area (Å²) in [5.74, 6) is -0.194. The van der Waals surface area contributed by atoms with Gasteiger partial charge in [0.25, 0.3) is 0 Å². The molecule has 0 aliphatic rings. The van der Waals surface area contributed by atoms with E-state index in [0.29, 0.717) is 4.90 Å². The van der Waals surface area contributed by atoms with Crippen LogP contribution in [0.25, 0.3) is 0 Å². The molecule has 0 aliphatic carbocycles. The van der Waals surface area contributed by atoms with Crippen LogP contribution in [0, 0.1) is 6.92 Å². The highest BCUT2D eigenvalue weighted by Crippen LogP contribution is 2.13. The fourth-order valence-electron chi connectivity index (χ4n) is 1.72. The van der Waals surface area contributed by atoms with Gasteiger partial charge in [0.1, 0.15) is 5.75 Å². The lowest BCUT2D eigenvalue weighted by Gasteiger charge is -2.09. The Morgan fingerprint density at radius 2 is 1.65 bits per heavy atom. The Labute approximate surface area is 124 Å². The molecule has 5 heteroatoms. The summed E-state index contributed by atoms with van der Waals surface area (Å²) < 4.78 is 24.4. The molecule has 104 valence electrons. The minimum Gasteiger partial charge on any atom is -0.349 e. The van der Waals surface area contributed by atoms with E-state index in [-0.39, 0.29) is 10.7 Å². The quantitative estimate of drug-likeness (QED) is 0.881. The topological polar surface area (TPSA) is 46.2 Å². The van der Waals surface area contributed by atoms with E-state index in [9.17, 15) is 8.42 Å². The SMILES string of the molecule is Cc1ccc(S(=O)(=O)CC(=S)Nc2ccccc2)cc1. The number of nitrogens with one attached hydrogen (secondary N) is 1. The maximum atomic E-state index is 12.2. The van der Waals surface area contributed by atoms with Crippen molar-refractivity contribution in [2.75, 3.05) is 11.1 Å². The van der Waals surface area contributed by atoms with Crippen molar-refractivity contribution in [2.24, 2.45) is 0 Å². The number of aryl methyl sites for hydroxylation is 1. The van der Waals surface area contributed by atoms with E-state index < -0.39 is 9.84 Å². The summed E-state index contributed by atoms with van der Waals surface area (Å²) in [6.45, 7) is 1.91. The monoisotopic (exact) mass is 305 g/mol. The second kappa shape index (κ2) is 6.15. The second-order valence-electron chi connectivity index (χ2n) is 4.49. The van der Waals surface area contributed by atoms with E-state index >= 15 is 0 Å². The van der Waals surface area contributed by atoms with Crippen LogP contribution in [0.2, 0.25) is 0 Å². The summed E-state index contributed by atoms with van der Waals surface area (Å²) in [6, 6.07) is 16.1. The molecule has 1 N–H and O–H groups in total. The van der Waals surface area contributed by atoms with Gasteiger partial charge in [0.2, 0.25) is 0 Å². The number of sulfone groups is 1. The van der Waals surface area contributed by atoms with E-state index in [4.69, 9.17) is 12.2 Å². The van der Waals surface area contributed by atoms with Crippen molar-refractivity contribution in [1.29, 1.82) is 0 Å². The highest BCUT2D eigenvalue weighted by Gasteiger charge is 2.16. The predicted molar refractivity (Wildman–Crippen MR) is 85.9 cm³/mol. The van der Waals surface area contributed by atoms with Crippen LogP contribution in [0.5, 0.6) is 0 Å². The van der Waals surface area contributed by atoms with Crippen LogP contribution in [0.1, 0.15) is 5.56 Å². The summed E-state index contributed by atoms with van der Waals surface area (Å²) in [5.41, 5.74) is 1.81. The Kier molecular flexibility index (Phi) is 4.52. The van der Waals surface area contributed by atoms with Crippen molar-refractivity contribution in [3.05, 3.63) is 60.2 Å².